The highest BCUT2D eigenvalue weighted by Gasteiger charge is 2.23. The molecule has 0 saturated carbocycles. The fourth-order valence-corrected chi connectivity index (χ4v) is 3.25. The molecule has 1 saturated heterocycles. The number of nitrogens with zero attached hydrogens (tertiary/aromatic N) is 2. The van der Waals surface area contributed by atoms with Gasteiger partial charge >= 0.3 is 0 Å². The number of pyridine rings is 1. The monoisotopic (exact) mass is 280 g/mol. The minimum absolute atomic E-state index is 0.696. The lowest BCUT2D eigenvalue weighted by Crippen LogP contribution is -2.24. The van der Waals surface area contributed by atoms with Crippen molar-refractivity contribution in [2.45, 2.75) is 26.2 Å². The first-order valence-electron chi connectivity index (χ1n) is 7.96. The standard InChI is InChI=1S/C19H24N2/c1-15(2)13-21-12-10-18(14-21)16-6-8-17(9-7-16)19-5-3-4-11-20-19/h3-9,11,15,18H,10,12-14H2,1-2H3. The van der Waals surface area contributed by atoms with Crippen molar-refractivity contribution in [3.05, 3.63) is 54.2 Å². The second-order valence-electron chi connectivity index (χ2n) is 6.48. The largest absolute Gasteiger partial charge is 0.302 e. The third-order valence-electron chi connectivity index (χ3n) is 4.24. The number of hydrogen-bond acceptors (Lipinski definition) is 2. The zero-order valence-electron chi connectivity index (χ0n) is 13.0. The molecule has 1 aliphatic heterocycles. The molecule has 2 nitrogen and oxygen atoms in total. The summed E-state index contributed by atoms with van der Waals surface area (Å²) >= 11 is 0. The van der Waals surface area contributed by atoms with E-state index in [1.807, 2.05) is 18.3 Å². The summed E-state index contributed by atoms with van der Waals surface area (Å²) in [7, 11) is 0. The van der Waals surface area contributed by atoms with Crippen LogP contribution in [0.2, 0.25) is 0 Å². The number of benzene rings is 1. The van der Waals surface area contributed by atoms with Crippen LogP contribution in [-0.2, 0) is 0 Å². The lowest BCUT2D eigenvalue weighted by Gasteiger charge is -2.18. The predicted octanol–water partition coefficient (Wildman–Crippen LogP) is 4.19. The molecule has 0 radical (unpaired) electrons. The van der Waals surface area contributed by atoms with Gasteiger partial charge in [0.25, 0.3) is 0 Å². The van der Waals surface area contributed by atoms with Gasteiger partial charge in [-0.2, -0.15) is 0 Å². The molecule has 1 atom stereocenters. The van der Waals surface area contributed by atoms with Crippen LogP contribution in [0.1, 0.15) is 31.7 Å². The molecule has 2 aromatic rings. The lowest BCUT2D eigenvalue weighted by atomic mass is 9.96. The van der Waals surface area contributed by atoms with Gasteiger partial charge in [0.2, 0.25) is 0 Å². The number of hydrogen-bond donors (Lipinski definition) is 0. The Morgan fingerprint density at radius 3 is 2.62 bits per heavy atom. The highest BCUT2D eigenvalue weighted by molar-refractivity contribution is 5.59. The van der Waals surface area contributed by atoms with Crippen LogP contribution in [0.5, 0.6) is 0 Å². The van der Waals surface area contributed by atoms with Gasteiger partial charge in [-0.15, -0.1) is 0 Å². The highest BCUT2D eigenvalue weighted by Crippen LogP contribution is 2.29. The van der Waals surface area contributed by atoms with E-state index in [0.29, 0.717) is 5.92 Å². The molecule has 3 rings (SSSR count). The molecule has 1 fully saturated rings. The first-order chi connectivity index (χ1) is 10.2. The minimum Gasteiger partial charge on any atom is -0.302 e. The quantitative estimate of drug-likeness (QED) is 0.834. The van der Waals surface area contributed by atoms with E-state index in [1.165, 1.54) is 37.2 Å². The van der Waals surface area contributed by atoms with Crippen molar-refractivity contribution >= 4 is 0 Å². The normalized spacial score (nSPS) is 19.3. The van der Waals surface area contributed by atoms with Gasteiger partial charge in [0.15, 0.2) is 0 Å². The maximum Gasteiger partial charge on any atom is 0.0701 e. The molecule has 1 unspecified atom stereocenters. The number of aromatic nitrogens is 1. The van der Waals surface area contributed by atoms with Crippen LogP contribution < -0.4 is 0 Å². The van der Waals surface area contributed by atoms with Gasteiger partial charge in [0.05, 0.1) is 5.69 Å². The van der Waals surface area contributed by atoms with E-state index in [0.717, 1.165) is 11.6 Å². The summed E-state index contributed by atoms with van der Waals surface area (Å²) in [5.41, 5.74) is 3.73. The summed E-state index contributed by atoms with van der Waals surface area (Å²) in [6.07, 6.45) is 3.14. The Balaban J connectivity index is 1.68. The van der Waals surface area contributed by atoms with Crippen LogP contribution in [0.4, 0.5) is 0 Å². The second kappa shape index (κ2) is 6.40. The van der Waals surface area contributed by atoms with E-state index in [-0.39, 0.29) is 0 Å². The van der Waals surface area contributed by atoms with Gasteiger partial charge < -0.3 is 4.90 Å². The Kier molecular flexibility index (Phi) is 4.35. The highest BCUT2D eigenvalue weighted by atomic mass is 15.1. The molecule has 1 aromatic heterocycles. The van der Waals surface area contributed by atoms with Crippen LogP contribution in [0.3, 0.4) is 0 Å². The van der Waals surface area contributed by atoms with Gasteiger partial charge in [-0.25, -0.2) is 0 Å². The van der Waals surface area contributed by atoms with E-state index >= 15 is 0 Å². The van der Waals surface area contributed by atoms with Crippen molar-refractivity contribution in [2.75, 3.05) is 19.6 Å². The van der Waals surface area contributed by atoms with E-state index in [1.54, 1.807) is 0 Å². The van der Waals surface area contributed by atoms with Gasteiger partial charge in [-0.05, 0) is 42.5 Å². The van der Waals surface area contributed by atoms with Crippen molar-refractivity contribution in [2.24, 2.45) is 5.92 Å². The van der Waals surface area contributed by atoms with E-state index in [2.05, 4.69) is 54.1 Å². The van der Waals surface area contributed by atoms with Crippen LogP contribution in [0.25, 0.3) is 11.3 Å². The molecule has 1 aromatic carbocycles. The molecule has 0 amide bonds. The third-order valence-corrected chi connectivity index (χ3v) is 4.24. The summed E-state index contributed by atoms with van der Waals surface area (Å²) in [4.78, 5) is 7.01. The molecular formula is C19H24N2. The Morgan fingerprint density at radius 1 is 1.14 bits per heavy atom. The summed E-state index contributed by atoms with van der Waals surface area (Å²) < 4.78 is 0. The maximum atomic E-state index is 4.41. The maximum absolute atomic E-state index is 4.41. The Hall–Kier alpha value is -1.67. The molecular weight excluding hydrogens is 256 g/mol. The molecule has 0 aliphatic carbocycles. The Morgan fingerprint density at radius 2 is 1.95 bits per heavy atom. The zero-order chi connectivity index (χ0) is 14.7. The fourth-order valence-electron chi connectivity index (χ4n) is 3.25. The van der Waals surface area contributed by atoms with E-state index in [9.17, 15) is 0 Å². The van der Waals surface area contributed by atoms with Crippen molar-refractivity contribution in [1.29, 1.82) is 0 Å². The summed E-state index contributed by atoms with van der Waals surface area (Å²) in [6.45, 7) is 8.28. The van der Waals surface area contributed by atoms with E-state index < -0.39 is 0 Å². The van der Waals surface area contributed by atoms with Crippen LogP contribution >= 0.6 is 0 Å². The number of rotatable bonds is 4. The number of likely N-dealkylation sites (tertiary alicyclic amines) is 1. The molecule has 2 heterocycles. The van der Waals surface area contributed by atoms with Crippen LogP contribution in [0.15, 0.2) is 48.7 Å². The lowest BCUT2D eigenvalue weighted by molar-refractivity contribution is 0.295. The third kappa shape index (κ3) is 3.51. The molecule has 0 bridgehead atoms. The molecule has 21 heavy (non-hydrogen) atoms. The topological polar surface area (TPSA) is 16.1 Å². The minimum atomic E-state index is 0.696. The van der Waals surface area contributed by atoms with Gasteiger partial charge in [-0.3, -0.25) is 4.98 Å². The summed E-state index contributed by atoms with van der Waals surface area (Å²) in [5, 5.41) is 0. The molecule has 0 N–H and O–H groups in total. The first-order valence-corrected chi connectivity index (χ1v) is 7.96. The Labute approximate surface area is 127 Å². The van der Waals surface area contributed by atoms with Crippen molar-refractivity contribution in [3.8, 4) is 11.3 Å². The van der Waals surface area contributed by atoms with Crippen molar-refractivity contribution in [3.63, 3.8) is 0 Å². The summed E-state index contributed by atoms with van der Waals surface area (Å²) in [6, 6.07) is 15.1. The molecule has 2 heteroatoms. The van der Waals surface area contributed by atoms with Crippen molar-refractivity contribution in [1.82, 2.24) is 9.88 Å². The van der Waals surface area contributed by atoms with Gasteiger partial charge in [-0.1, -0.05) is 44.2 Å². The smallest absolute Gasteiger partial charge is 0.0701 e. The van der Waals surface area contributed by atoms with Crippen LogP contribution in [-0.4, -0.2) is 29.5 Å². The predicted molar refractivity (Wildman–Crippen MR) is 88.3 cm³/mol. The first kappa shape index (κ1) is 14.3. The average molecular weight is 280 g/mol. The second-order valence-corrected chi connectivity index (χ2v) is 6.48. The van der Waals surface area contributed by atoms with E-state index in [4.69, 9.17) is 0 Å². The fraction of sp³-hybridized carbons (Fsp3) is 0.421. The molecule has 0 spiro atoms. The zero-order valence-corrected chi connectivity index (χ0v) is 13.0. The molecule has 110 valence electrons. The average Bonchev–Trinajstić information content (AvgIpc) is 2.96. The SMILES string of the molecule is CC(C)CN1CCC(c2ccc(-c3ccccn3)cc2)C1. The van der Waals surface area contributed by atoms with Gasteiger partial charge in [0.1, 0.15) is 0 Å². The summed E-state index contributed by atoms with van der Waals surface area (Å²) in [5.74, 6) is 1.46. The van der Waals surface area contributed by atoms with Crippen molar-refractivity contribution < 1.29 is 0 Å². The molecule has 1 aliphatic rings. The van der Waals surface area contributed by atoms with Crippen LogP contribution in [0, 0.1) is 5.92 Å². The van der Waals surface area contributed by atoms with Gasteiger partial charge in [0, 0.05) is 24.8 Å². The Bertz CT molecular complexity index is 560.